The Kier molecular flexibility index (Phi) is 5.88. The average molecular weight is 310 g/mol. The standard InChI is InChI=1S/C14H18N2O4S/c1-11(2)16(8-7-14(17)18)21(19,20)10-13-5-3-12(9-15)4-6-13/h3-6,11H,7-8,10H2,1-2H3,(H,17,18). The first kappa shape index (κ1) is 17.1. The molecule has 0 aliphatic rings. The van der Waals surface area contributed by atoms with E-state index in [2.05, 4.69) is 0 Å². The second-order valence-corrected chi connectivity index (χ2v) is 6.83. The normalized spacial score (nSPS) is 11.6. The molecule has 6 nitrogen and oxygen atoms in total. The van der Waals surface area contributed by atoms with E-state index in [-0.39, 0.29) is 24.8 Å². The molecule has 0 saturated carbocycles. The van der Waals surface area contributed by atoms with Gasteiger partial charge in [-0.1, -0.05) is 12.1 Å². The van der Waals surface area contributed by atoms with Crippen molar-refractivity contribution < 1.29 is 18.3 Å². The zero-order valence-corrected chi connectivity index (χ0v) is 12.8. The van der Waals surface area contributed by atoms with Gasteiger partial charge in [-0.05, 0) is 31.5 Å². The van der Waals surface area contributed by atoms with Crippen LogP contribution in [0, 0.1) is 11.3 Å². The lowest BCUT2D eigenvalue weighted by Crippen LogP contribution is -2.39. The molecule has 0 aliphatic heterocycles. The van der Waals surface area contributed by atoms with E-state index in [0.717, 1.165) is 0 Å². The van der Waals surface area contributed by atoms with Crippen molar-refractivity contribution in [3.8, 4) is 6.07 Å². The van der Waals surface area contributed by atoms with E-state index in [4.69, 9.17) is 10.4 Å². The molecule has 1 N–H and O–H groups in total. The first-order valence-corrected chi connectivity index (χ1v) is 8.07. The molecule has 1 rings (SSSR count). The quantitative estimate of drug-likeness (QED) is 0.824. The number of benzene rings is 1. The van der Waals surface area contributed by atoms with Gasteiger partial charge in [-0.3, -0.25) is 4.79 Å². The number of rotatable bonds is 7. The summed E-state index contributed by atoms with van der Waals surface area (Å²) in [7, 11) is -3.60. The van der Waals surface area contributed by atoms with Crippen molar-refractivity contribution in [2.24, 2.45) is 0 Å². The average Bonchev–Trinajstić information content (AvgIpc) is 2.38. The monoisotopic (exact) mass is 310 g/mol. The molecule has 0 heterocycles. The van der Waals surface area contributed by atoms with Crippen molar-refractivity contribution in [1.82, 2.24) is 4.31 Å². The maximum absolute atomic E-state index is 12.4. The fourth-order valence-corrected chi connectivity index (χ4v) is 3.68. The third kappa shape index (κ3) is 5.17. The number of nitrogens with zero attached hydrogens (tertiary/aromatic N) is 2. The summed E-state index contributed by atoms with van der Waals surface area (Å²) in [6.45, 7) is 3.36. The van der Waals surface area contributed by atoms with Crippen LogP contribution in [0.2, 0.25) is 0 Å². The number of carbonyl (C=O) groups is 1. The molecule has 7 heteroatoms. The molecule has 21 heavy (non-hydrogen) atoms. The Morgan fingerprint density at radius 3 is 2.33 bits per heavy atom. The van der Waals surface area contributed by atoms with Crippen LogP contribution in [0.4, 0.5) is 0 Å². The van der Waals surface area contributed by atoms with Gasteiger partial charge in [-0.25, -0.2) is 8.42 Å². The molecule has 0 atom stereocenters. The van der Waals surface area contributed by atoms with Crippen LogP contribution in [0.25, 0.3) is 0 Å². The molecule has 0 aromatic heterocycles. The molecule has 0 bridgehead atoms. The van der Waals surface area contributed by atoms with E-state index >= 15 is 0 Å². The fraction of sp³-hybridized carbons (Fsp3) is 0.429. The third-order valence-electron chi connectivity index (χ3n) is 2.91. The van der Waals surface area contributed by atoms with Crippen LogP contribution in [-0.2, 0) is 20.6 Å². The second kappa shape index (κ2) is 7.20. The minimum atomic E-state index is -3.60. The fourth-order valence-electron chi connectivity index (χ4n) is 1.89. The molecule has 0 saturated heterocycles. The van der Waals surface area contributed by atoms with Gasteiger partial charge >= 0.3 is 5.97 Å². The Morgan fingerprint density at radius 2 is 1.90 bits per heavy atom. The van der Waals surface area contributed by atoms with Gasteiger partial charge in [-0.2, -0.15) is 9.57 Å². The van der Waals surface area contributed by atoms with Crippen LogP contribution < -0.4 is 0 Å². The lowest BCUT2D eigenvalue weighted by atomic mass is 10.2. The van der Waals surface area contributed by atoms with Crippen LogP contribution in [0.15, 0.2) is 24.3 Å². The minimum Gasteiger partial charge on any atom is -0.481 e. The van der Waals surface area contributed by atoms with Crippen molar-refractivity contribution in [3.05, 3.63) is 35.4 Å². The molecular weight excluding hydrogens is 292 g/mol. The van der Waals surface area contributed by atoms with E-state index in [1.54, 1.807) is 38.1 Å². The van der Waals surface area contributed by atoms with Crippen LogP contribution in [0.3, 0.4) is 0 Å². The number of hydrogen-bond acceptors (Lipinski definition) is 4. The van der Waals surface area contributed by atoms with Crippen molar-refractivity contribution >= 4 is 16.0 Å². The number of hydrogen-bond donors (Lipinski definition) is 1. The number of sulfonamides is 1. The van der Waals surface area contributed by atoms with Gasteiger partial charge in [0.1, 0.15) is 0 Å². The van der Waals surface area contributed by atoms with Crippen molar-refractivity contribution in [2.45, 2.75) is 32.1 Å². The van der Waals surface area contributed by atoms with Crippen LogP contribution >= 0.6 is 0 Å². The summed E-state index contributed by atoms with van der Waals surface area (Å²) >= 11 is 0. The van der Waals surface area contributed by atoms with Gasteiger partial charge in [0, 0.05) is 12.6 Å². The smallest absolute Gasteiger partial charge is 0.304 e. The summed E-state index contributed by atoms with van der Waals surface area (Å²) < 4.78 is 25.9. The Balaban J connectivity index is 2.90. The number of carboxylic acid groups (broad SMARTS) is 1. The zero-order valence-electron chi connectivity index (χ0n) is 12.0. The predicted molar refractivity (Wildman–Crippen MR) is 77.9 cm³/mol. The number of carboxylic acids is 1. The molecule has 0 radical (unpaired) electrons. The van der Waals surface area contributed by atoms with Gasteiger partial charge in [0.2, 0.25) is 10.0 Å². The Bertz CT molecular complexity index is 630. The first-order valence-electron chi connectivity index (χ1n) is 6.46. The molecule has 0 spiro atoms. The highest BCUT2D eigenvalue weighted by Crippen LogP contribution is 2.15. The highest BCUT2D eigenvalue weighted by atomic mass is 32.2. The lowest BCUT2D eigenvalue weighted by Gasteiger charge is -2.25. The maximum Gasteiger partial charge on any atom is 0.304 e. The first-order chi connectivity index (χ1) is 9.76. The van der Waals surface area contributed by atoms with E-state index < -0.39 is 16.0 Å². The molecule has 114 valence electrons. The van der Waals surface area contributed by atoms with Crippen LogP contribution in [0.1, 0.15) is 31.4 Å². The summed E-state index contributed by atoms with van der Waals surface area (Å²) in [5, 5.41) is 17.4. The molecule has 0 aliphatic carbocycles. The predicted octanol–water partition coefficient (Wildman–Crippen LogP) is 1.57. The highest BCUT2D eigenvalue weighted by molar-refractivity contribution is 7.88. The SMILES string of the molecule is CC(C)N(CCC(=O)O)S(=O)(=O)Cc1ccc(C#N)cc1. The third-order valence-corrected chi connectivity index (χ3v) is 4.93. The topological polar surface area (TPSA) is 98.5 Å². The van der Waals surface area contributed by atoms with Crippen LogP contribution in [-0.4, -0.2) is 36.4 Å². The van der Waals surface area contributed by atoms with Crippen LogP contribution in [0.5, 0.6) is 0 Å². The molecule has 0 fully saturated rings. The van der Waals surface area contributed by atoms with Gasteiger partial charge in [0.25, 0.3) is 0 Å². The van der Waals surface area contributed by atoms with Gasteiger partial charge in [0.15, 0.2) is 0 Å². The molecule has 1 aromatic carbocycles. The molecule has 1 aromatic rings. The van der Waals surface area contributed by atoms with Crippen molar-refractivity contribution in [1.29, 1.82) is 5.26 Å². The van der Waals surface area contributed by atoms with E-state index in [9.17, 15) is 13.2 Å². The van der Waals surface area contributed by atoms with Crippen molar-refractivity contribution in [3.63, 3.8) is 0 Å². The lowest BCUT2D eigenvalue weighted by molar-refractivity contribution is -0.137. The summed E-state index contributed by atoms with van der Waals surface area (Å²) in [5.74, 6) is -1.24. The van der Waals surface area contributed by atoms with Gasteiger partial charge in [-0.15, -0.1) is 0 Å². The van der Waals surface area contributed by atoms with E-state index in [1.165, 1.54) is 4.31 Å². The maximum atomic E-state index is 12.4. The summed E-state index contributed by atoms with van der Waals surface area (Å²) in [5.41, 5.74) is 1.03. The Labute approximate surface area is 124 Å². The van der Waals surface area contributed by atoms with Gasteiger partial charge < -0.3 is 5.11 Å². The minimum absolute atomic E-state index is 0.0500. The number of nitriles is 1. The van der Waals surface area contributed by atoms with E-state index in [0.29, 0.717) is 11.1 Å². The summed E-state index contributed by atoms with van der Waals surface area (Å²) in [4.78, 5) is 10.6. The van der Waals surface area contributed by atoms with E-state index in [1.807, 2.05) is 6.07 Å². The highest BCUT2D eigenvalue weighted by Gasteiger charge is 2.25. The largest absolute Gasteiger partial charge is 0.481 e. The number of aliphatic carboxylic acids is 1. The molecule has 0 unspecified atom stereocenters. The van der Waals surface area contributed by atoms with Crippen molar-refractivity contribution in [2.75, 3.05) is 6.54 Å². The summed E-state index contributed by atoms with van der Waals surface area (Å²) in [6, 6.07) is 7.95. The second-order valence-electron chi connectivity index (χ2n) is 4.91. The Hall–Kier alpha value is -1.91. The molecule has 0 amide bonds. The Morgan fingerprint density at radius 1 is 1.33 bits per heavy atom. The van der Waals surface area contributed by atoms with Gasteiger partial charge in [0.05, 0.1) is 23.8 Å². The molecular formula is C14H18N2O4S. The zero-order chi connectivity index (χ0) is 16.0. The summed E-state index contributed by atoms with van der Waals surface area (Å²) in [6.07, 6.45) is -0.231.